The molecule has 0 spiro atoms. The first-order chi connectivity index (χ1) is 13.7. The van der Waals surface area contributed by atoms with Crippen LogP contribution in [0.25, 0.3) is 21.3 Å². The zero-order valence-corrected chi connectivity index (χ0v) is 15.7. The van der Waals surface area contributed by atoms with Crippen LogP contribution in [0.2, 0.25) is 0 Å². The van der Waals surface area contributed by atoms with Gasteiger partial charge < -0.3 is 4.90 Å². The molecule has 6 heteroatoms. The van der Waals surface area contributed by atoms with Crippen LogP contribution in [0.3, 0.4) is 0 Å². The Labute approximate surface area is 165 Å². The first kappa shape index (κ1) is 17.0. The minimum atomic E-state index is -0.274. The molecule has 0 bridgehead atoms. The van der Waals surface area contributed by atoms with E-state index in [1.165, 1.54) is 23.5 Å². The standard InChI is InChI=1S/C22H16FN3OS/c23-16-6-3-5-15(12-16)21-25-18-9-11-26(13-19(18)28-21)22(27)20-17-7-2-1-4-14(17)8-10-24-20/h1-8,10,12H,9,11,13H2. The number of carbonyl (C=O) groups excluding carboxylic acids is 1. The van der Waals surface area contributed by atoms with Crippen molar-refractivity contribution in [2.45, 2.75) is 13.0 Å². The molecule has 4 nitrogen and oxygen atoms in total. The number of fused-ring (bicyclic) bond motifs is 2. The summed E-state index contributed by atoms with van der Waals surface area (Å²) >= 11 is 1.53. The van der Waals surface area contributed by atoms with Crippen LogP contribution in [-0.2, 0) is 13.0 Å². The van der Waals surface area contributed by atoms with Crippen LogP contribution < -0.4 is 0 Å². The van der Waals surface area contributed by atoms with E-state index < -0.39 is 0 Å². The van der Waals surface area contributed by atoms with Crippen LogP contribution >= 0.6 is 11.3 Å². The van der Waals surface area contributed by atoms with Crippen molar-refractivity contribution < 1.29 is 9.18 Å². The van der Waals surface area contributed by atoms with Crippen molar-refractivity contribution >= 4 is 28.0 Å². The molecule has 0 atom stereocenters. The molecule has 0 N–H and O–H groups in total. The van der Waals surface area contributed by atoms with Gasteiger partial charge in [0.25, 0.3) is 5.91 Å². The Bertz CT molecular complexity index is 1200. The normalized spacial score (nSPS) is 13.5. The van der Waals surface area contributed by atoms with Crippen LogP contribution in [-0.4, -0.2) is 27.3 Å². The smallest absolute Gasteiger partial charge is 0.273 e. The number of nitrogens with zero attached hydrogens (tertiary/aromatic N) is 3. The Hall–Kier alpha value is -3.12. The molecule has 4 aromatic rings. The average Bonchev–Trinajstić information content (AvgIpc) is 3.16. The number of hydrogen-bond acceptors (Lipinski definition) is 4. The van der Waals surface area contributed by atoms with Crippen molar-refractivity contribution in [3.63, 3.8) is 0 Å². The number of pyridine rings is 1. The summed E-state index contributed by atoms with van der Waals surface area (Å²) in [5.74, 6) is -0.340. The van der Waals surface area contributed by atoms with E-state index in [0.29, 0.717) is 25.2 Å². The van der Waals surface area contributed by atoms with E-state index in [1.54, 1.807) is 12.3 Å². The Morgan fingerprint density at radius 2 is 2.00 bits per heavy atom. The second-order valence-electron chi connectivity index (χ2n) is 6.76. The Morgan fingerprint density at radius 1 is 1.11 bits per heavy atom. The summed E-state index contributed by atoms with van der Waals surface area (Å²) in [6.45, 7) is 1.11. The summed E-state index contributed by atoms with van der Waals surface area (Å²) < 4.78 is 13.5. The summed E-state index contributed by atoms with van der Waals surface area (Å²) in [6.07, 6.45) is 2.37. The number of benzene rings is 2. The van der Waals surface area contributed by atoms with Crippen LogP contribution in [0.1, 0.15) is 21.1 Å². The number of halogens is 1. The first-order valence-electron chi connectivity index (χ1n) is 9.06. The molecule has 0 unspecified atom stereocenters. The van der Waals surface area contributed by atoms with E-state index in [1.807, 2.05) is 41.3 Å². The second-order valence-corrected chi connectivity index (χ2v) is 7.84. The number of carbonyl (C=O) groups is 1. The van der Waals surface area contributed by atoms with E-state index in [0.717, 1.165) is 31.9 Å². The maximum atomic E-state index is 13.5. The van der Waals surface area contributed by atoms with Crippen molar-refractivity contribution in [3.05, 3.63) is 82.9 Å². The van der Waals surface area contributed by atoms with Crippen LogP contribution in [0.15, 0.2) is 60.8 Å². The van der Waals surface area contributed by atoms with Crippen molar-refractivity contribution in [1.82, 2.24) is 14.9 Å². The van der Waals surface area contributed by atoms with Crippen LogP contribution in [0.4, 0.5) is 4.39 Å². The number of aromatic nitrogens is 2. The van der Waals surface area contributed by atoms with Gasteiger partial charge in [-0.25, -0.2) is 9.37 Å². The third-order valence-electron chi connectivity index (χ3n) is 4.97. The number of thiazole rings is 1. The largest absolute Gasteiger partial charge is 0.332 e. The van der Waals surface area contributed by atoms with Crippen molar-refractivity contribution in [2.24, 2.45) is 0 Å². The topological polar surface area (TPSA) is 46.1 Å². The number of rotatable bonds is 2. The fourth-order valence-electron chi connectivity index (χ4n) is 3.55. The molecule has 2 aromatic carbocycles. The molecule has 0 saturated heterocycles. The van der Waals surface area contributed by atoms with E-state index in [9.17, 15) is 9.18 Å². The molecule has 5 rings (SSSR count). The lowest BCUT2D eigenvalue weighted by Gasteiger charge is -2.26. The van der Waals surface area contributed by atoms with Crippen molar-refractivity contribution in [2.75, 3.05) is 6.54 Å². The molecule has 0 fully saturated rings. The van der Waals surface area contributed by atoms with Gasteiger partial charge >= 0.3 is 0 Å². The van der Waals surface area contributed by atoms with Gasteiger partial charge in [-0.3, -0.25) is 9.78 Å². The van der Waals surface area contributed by atoms with Crippen LogP contribution in [0.5, 0.6) is 0 Å². The van der Waals surface area contributed by atoms with Gasteiger partial charge in [0.2, 0.25) is 0 Å². The lowest BCUT2D eigenvalue weighted by molar-refractivity contribution is 0.0732. The Balaban J connectivity index is 1.45. The number of hydrogen-bond donors (Lipinski definition) is 0. The van der Waals surface area contributed by atoms with Crippen molar-refractivity contribution in [1.29, 1.82) is 0 Å². The van der Waals surface area contributed by atoms with Gasteiger partial charge in [-0.2, -0.15) is 0 Å². The molecule has 1 aliphatic rings. The van der Waals surface area contributed by atoms with Gasteiger partial charge in [0.15, 0.2) is 0 Å². The predicted octanol–water partition coefficient (Wildman–Crippen LogP) is 4.70. The van der Waals surface area contributed by atoms with Gasteiger partial charge in [-0.05, 0) is 23.6 Å². The second kappa shape index (κ2) is 6.80. The monoisotopic (exact) mass is 389 g/mol. The van der Waals surface area contributed by atoms with E-state index >= 15 is 0 Å². The zero-order valence-electron chi connectivity index (χ0n) is 14.9. The maximum Gasteiger partial charge on any atom is 0.273 e. The molecule has 1 aliphatic heterocycles. The highest BCUT2D eigenvalue weighted by atomic mass is 32.1. The summed E-state index contributed by atoms with van der Waals surface area (Å²) in [5.41, 5.74) is 2.25. The third-order valence-corrected chi connectivity index (χ3v) is 6.10. The summed E-state index contributed by atoms with van der Waals surface area (Å²) in [4.78, 5) is 25.1. The third kappa shape index (κ3) is 2.96. The Kier molecular flexibility index (Phi) is 4.13. The summed E-state index contributed by atoms with van der Waals surface area (Å²) in [5, 5.41) is 2.66. The fraction of sp³-hybridized carbons (Fsp3) is 0.136. The molecule has 1 amide bonds. The average molecular weight is 389 g/mol. The Morgan fingerprint density at radius 3 is 2.89 bits per heavy atom. The SMILES string of the molecule is O=C(c1nccc2ccccc12)N1CCc2nc(-c3cccc(F)c3)sc2C1. The quantitative estimate of drug-likeness (QED) is 0.499. The molecule has 138 valence electrons. The highest BCUT2D eigenvalue weighted by Gasteiger charge is 2.26. The lowest BCUT2D eigenvalue weighted by Crippen LogP contribution is -2.36. The molecule has 2 aromatic heterocycles. The molecular formula is C22H16FN3OS. The van der Waals surface area contributed by atoms with Crippen LogP contribution in [0, 0.1) is 5.82 Å². The molecule has 28 heavy (non-hydrogen) atoms. The predicted molar refractivity (Wildman–Crippen MR) is 108 cm³/mol. The molecule has 0 saturated carbocycles. The maximum absolute atomic E-state index is 13.5. The molecular weight excluding hydrogens is 373 g/mol. The first-order valence-corrected chi connectivity index (χ1v) is 9.88. The summed E-state index contributed by atoms with van der Waals surface area (Å²) in [6, 6.07) is 16.2. The lowest BCUT2D eigenvalue weighted by atomic mass is 10.1. The molecule has 0 radical (unpaired) electrons. The van der Waals surface area contributed by atoms with E-state index in [2.05, 4.69) is 9.97 Å². The van der Waals surface area contributed by atoms with Crippen molar-refractivity contribution in [3.8, 4) is 10.6 Å². The number of amides is 1. The molecule has 0 aliphatic carbocycles. The minimum Gasteiger partial charge on any atom is -0.332 e. The zero-order chi connectivity index (χ0) is 19.1. The highest BCUT2D eigenvalue weighted by molar-refractivity contribution is 7.15. The minimum absolute atomic E-state index is 0.0665. The fourth-order valence-corrected chi connectivity index (χ4v) is 4.67. The van der Waals surface area contributed by atoms with Gasteiger partial charge in [-0.15, -0.1) is 11.3 Å². The van der Waals surface area contributed by atoms with E-state index in [4.69, 9.17) is 0 Å². The van der Waals surface area contributed by atoms with Gasteiger partial charge in [0, 0.05) is 35.0 Å². The van der Waals surface area contributed by atoms with E-state index in [-0.39, 0.29) is 11.7 Å². The highest BCUT2D eigenvalue weighted by Crippen LogP contribution is 2.32. The van der Waals surface area contributed by atoms with Gasteiger partial charge in [0.1, 0.15) is 16.5 Å². The van der Waals surface area contributed by atoms with Gasteiger partial charge in [0.05, 0.1) is 12.2 Å². The van der Waals surface area contributed by atoms with Gasteiger partial charge in [-0.1, -0.05) is 36.4 Å². The molecule has 3 heterocycles. The summed E-state index contributed by atoms with van der Waals surface area (Å²) in [7, 11) is 0.